The molecule has 8 heteroatoms. The Morgan fingerprint density at radius 3 is 2.17 bits per heavy atom. The molecule has 36 heavy (non-hydrogen) atoms. The molecule has 0 heterocycles. The molecule has 0 fully saturated rings. The topological polar surface area (TPSA) is 108 Å². The lowest BCUT2D eigenvalue weighted by atomic mass is 9.96. The fourth-order valence-electron chi connectivity index (χ4n) is 3.82. The van der Waals surface area contributed by atoms with E-state index in [0.29, 0.717) is 24.1 Å². The third-order valence-corrected chi connectivity index (χ3v) is 5.51. The van der Waals surface area contributed by atoms with Crippen molar-refractivity contribution in [1.82, 2.24) is 15.5 Å². The molecule has 1 aromatic rings. The first-order chi connectivity index (χ1) is 16.5. The predicted molar refractivity (Wildman–Crippen MR) is 143 cm³/mol. The zero-order valence-electron chi connectivity index (χ0n) is 23.8. The minimum Gasteiger partial charge on any atom is -0.507 e. The van der Waals surface area contributed by atoms with Crippen molar-refractivity contribution in [3.8, 4) is 5.75 Å². The molecule has 3 amide bonds. The van der Waals surface area contributed by atoms with Crippen LogP contribution in [0.5, 0.6) is 5.75 Å². The van der Waals surface area contributed by atoms with Crippen LogP contribution in [0.2, 0.25) is 0 Å². The van der Waals surface area contributed by atoms with Gasteiger partial charge in [0.2, 0.25) is 11.8 Å². The highest BCUT2D eigenvalue weighted by Gasteiger charge is 2.39. The monoisotopic (exact) mass is 505 g/mol. The summed E-state index contributed by atoms with van der Waals surface area (Å²) in [6.07, 6.45) is 1.77. The van der Waals surface area contributed by atoms with Crippen LogP contribution >= 0.6 is 0 Å². The molecule has 0 saturated heterocycles. The standard InChI is InChI=1S/C28H47N3O5/c1-11-12-13-17-31(25(34)21(18(2)3)29-26(35)36-28(8,9)10)22(24(33)30-27(5,6)7)20-16-14-15-19(4)23(20)32/h14-16,18,21-22,32H,11-13,17H2,1-10H3,(H,29,35)(H,30,33). The Labute approximate surface area is 217 Å². The van der Waals surface area contributed by atoms with E-state index in [2.05, 4.69) is 17.6 Å². The number of phenols is 1. The molecule has 0 aliphatic heterocycles. The van der Waals surface area contributed by atoms with Crippen LogP contribution < -0.4 is 10.6 Å². The number of hydrogen-bond donors (Lipinski definition) is 3. The van der Waals surface area contributed by atoms with Gasteiger partial charge in [-0.3, -0.25) is 9.59 Å². The molecule has 0 aliphatic carbocycles. The summed E-state index contributed by atoms with van der Waals surface area (Å²) in [5, 5.41) is 16.6. The number of rotatable bonds is 10. The Bertz CT molecular complexity index is 899. The molecule has 0 aromatic heterocycles. The van der Waals surface area contributed by atoms with Gasteiger partial charge in [0.05, 0.1) is 0 Å². The van der Waals surface area contributed by atoms with Crippen molar-refractivity contribution < 1.29 is 24.2 Å². The highest BCUT2D eigenvalue weighted by atomic mass is 16.6. The Morgan fingerprint density at radius 2 is 1.67 bits per heavy atom. The number of aromatic hydroxyl groups is 1. The van der Waals surface area contributed by atoms with Crippen molar-refractivity contribution in [3.63, 3.8) is 0 Å². The molecule has 0 radical (unpaired) electrons. The average molecular weight is 506 g/mol. The summed E-state index contributed by atoms with van der Waals surface area (Å²) in [6, 6.07) is 3.19. The zero-order valence-corrected chi connectivity index (χ0v) is 23.8. The number of aryl methyl sites for hydroxylation is 1. The van der Waals surface area contributed by atoms with E-state index < -0.39 is 41.1 Å². The number of carbonyl (C=O) groups excluding carboxylic acids is 3. The van der Waals surface area contributed by atoms with Gasteiger partial charge in [-0.15, -0.1) is 0 Å². The number of alkyl carbamates (subject to hydrolysis) is 1. The first-order valence-electron chi connectivity index (χ1n) is 12.9. The van der Waals surface area contributed by atoms with Crippen molar-refractivity contribution in [3.05, 3.63) is 29.3 Å². The molecule has 8 nitrogen and oxygen atoms in total. The number of hydrogen-bond acceptors (Lipinski definition) is 5. The van der Waals surface area contributed by atoms with Gasteiger partial charge in [0.15, 0.2) is 0 Å². The van der Waals surface area contributed by atoms with E-state index >= 15 is 0 Å². The third-order valence-electron chi connectivity index (χ3n) is 5.51. The molecule has 0 spiro atoms. The lowest BCUT2D eigenvalue weighted by Crippen LogP contribution is -2.56. The Balaban J connectivity index is 3.59. The second-order valence-corrected chi connectivity index (χ2v) is 11.8. The third kappa shape index (κ3) is 9.70. The molecule has 2 atom stereocenters. The van der Waals surface area contributed by atoms with Crippen LogP contribution in [0.4, 0.5) is 4.79 Å². The lowest BCUT2D eigenvalue weighted by Gasteiger charge is -2.37. The van der Waals surface area contributed by atoms with Crippen LogP contribution in [0, 0.1) is 12.8 Å². The van der Waals surface area contributed by atoms with Gasteiger partial charge in [0.1, 0.15) is 23.4 Å². The number of amides is 3. The van der Waals surface area contributed by atoms with Gasteiger partial charge in [-0.25, -0.2) is 4.79 Å². The zero-order chi connectivity index (χ0) is 27.8. The van der Waals surface area contributed by atoms with Crippen LogP contribution in [0.25, 0.3) is 0 Å². The van der Waals surface area contributed by atoms with Crippen molar-refractivity contribution in [2.24, 2.45) is 5.92 Å². The number of para-hydroxylation sites is 1. The molecule has 0 aliphatic rings. The van der Waals surface area contributed by atoms with E-state index in [1.54, 1.807) is 45.9 Å². The number of ether oxygens (including phenoxy) is 1. The van der Waals surface area contributed by atoms with Gasteiger partial charge >= 0.3 is 6.09 Å². The quantitative estimate of drug-likeness (QED) is 0.378. The van der Waals surface area contributed by atoms with Gasteiger partial charge in [0.25, 0.3) is 0 Å². The van der Waals surface area contributed by atoms with Gasteiger partial charge in [-0.05, 0) is 66.4 Å². The number of unbranched alkanes of at least 4 members (excludes halogenated alkanes) is 2. The van der Waals surface area contributed by atoms with Crippen LogP contribution in [0.1, 0.15) is 98.7 Å². The number of carbonyl (C=O) groups is 3. The molecule has 1 rings (SSSR count). The Morgan fingerprint density at radius 1 is 1.06 bits per heavy atom. The average Bonchev–Trinajstić information content (AvgIpc) is 2.71. The van der Waals surface area contributed by atoms with E-state index in [4.69, 9.17) is 4.74 Å². The SMILES string of the molecule is CCCCCN(C(=O)C(NC(=O)OC(C)(C)C)C(C)C)C(C(=O)NC(C)(C)C)c1cccc(C)c1O. The fourth-order valence-corrected chi connectivity index (χ4v) is 3.82. The van der Waals surface area contributed by atoms with Crippen LogP contribution in [0.3, 0.4) is 0 Å². The largest absolute Gasteiger partial charge is 0.507 e. The summed E-state index contributed by atoms with van der Waals surface area (Å²) in [4.78, 5) is 41.8. The molecule has 3 N–H and O–H groups in total. The van der Waals surface area contributed by atoms with Gasteiger partial charge < -0.3 is 25.4 Å². The van der Waals surface area contributed by atoms with Crippen molar-refractivity contribution >= 4 is 17.9 Å². The fraction of sp³-hybridized carbons (Fsp3) is 0.679. The smallest absolute Gasteiger partial charge is 0.408 e. The van der Waals surface area contributed by atoms with E-state index in [1.807, 2.05) is 34.6 Å². The van der Waals surface area contributed by atoms with E-state index in [0.717, 1.165) is 12.8 Å². The minimum atomic E-state index is -1.07. The molecule has 204 valence electrons. The van der Waals surface area contributed by atoms with Gasteiger partial charge in [0, 0.05) is 17.6 Å². The highest BCUT2D eigenvalue weighted by molar-refractivity contribution is 5.93. The van der Waals surface area contributed by atoms with Gasteiger partial charge in [-0.2, -0.15) is 0 Å². The second kappa shape index (κ2) is 13.0. The van der Waals surface area contributed by atoms with Crippen molar-refractivity contribution in [1.29, 1.82) is 0 Å². The van der Waals surface area contributed by atoms with E-state index in [1.165, 1.54) is 4.90 Å². The molecule has 0 bridgehead atoms. The summed E-state index contributed by atoms with van der Waals surface area (Å²) in [7, 11) is 0. The summed E-state index contributed by atoms with van der Waals surface area (Å²) >= 11 is 0. The molecule has 2 unspecified atom stereocenters. The summed E-state index contributed by atoms with van der Waals surface area (Å²) in [5.41, 5.74) is -0.326. The highest BCUT2D eigenvalue weighted by Crippen LogP contribution is 2.33. The summed E-state index contributed by atoms with van der Waals surface area (Å²) in [6.45, 7) is 18.6. The molecular weight excluding hydrogens is 458 g/mol. The maximum atomic E-state index is 14.1. The normalized spacial score (nSPS) is 13.6. The van der Waals surface area contributed by atoms with E-state index in [-0.39, 0.29) is 11.7 Å². The Hall–Kier alpha value is -2.77. The maximum absolute atomic E-state index is 14.1. The summed E-state index contributed by atoms with van der Waals surface area (Å²) in [5.74, 6) is -1.09. The van der Waals surface area contributed by atoms with Crippen LogP contribution in [-0.2, 0) is 14.3 Å². The number of benzene rings is 1. The minimum absolute atomic E-state index is 0.0268. The number of nitrogens with zero attached hydrogens (tertiary/aromatic N) is 1. The first kappa shape index (κ1) is 31.3. The Kier molecular flexibility index (Phi) is 11.3. The van der Waals surface area contributed by atoms with Crippen LogP contribution in [0.15, 0.2) is 18.2 Å². The maximum Gasteiger partial charge on any atom is 0.408 e. The number of phenolic OH excluding ortho intramolecular Hbond substituents is 1. The molecule has 1 aromatic carbocycles. The van der Waals surface area contributed by atoms with Crippen molar-refractivity contribution in [2.75, 3.05) is 6.54 Å². The number of nitrogens with one attached hydrogen (secondary N) is 2. The second-order valence-electron chi connectivity index (χ2n) is 11.8. The summed E-state index contributed by atoms with van der Waals surface area (Å²) < 4.78 is 5.40. The van der Waals surface area contributed by atoms with Crippen molar-refractivity contribution in [2.45, 2.75) is 112 Å². The van der Waals surface area contributed by atoms with E-state index in [9.17, 15) is 19.5 Å². The van der Waals surface area contributed by atoms with Gasteiger partial charge in [-0.1, -0.05) is 51.8 Å². The molecule has 0 saturated carbocycles. The predicted octanol–water partition coefficient (Wildman–Crippen LogP) is 5.22. The molecular formula is C28H47N3O5. The van der Waals surface area contributed by atoms with Crippen LogP contribution in [-0.4, -0.2) is 51.6 Å². The first-order valence-corrected chi connectivity index (χ1v) is 12.9. The lowest BCUT2D eigenvalue weighted by molar-refractivity contribution is -0.144.